The SMILES string of the molecule is CCC(CC)OCC(=O)C(c1ccccc1)(c1ccccc1)c1ccccc1. The summed E-state index contributed by atoms with van der Waals surface area (Å²) in [6, 6.07) is 30.1. The quantitative estimate of drug-likeness (QED) is 0.444. The molecule has 0 saturated heterocycles. The summed E-state index contributed by atoms with van der Waals surface area (Å²) in [5, 5.41) is 0. The first-order chi connectivity index (χ1) is 13.7. The maximum Gasteiger partial charge on any atom is 0.177 e. The average Bonchev–Trinajstić information content (AvgIpc) is 2.77. The third kappa shape index (κ3) is 3.93. The lowest BCUT2D eigenvalue weighted by molar-refractivity contribution is -0.128. The van der Waals surface area contributed by atoms with Crippen LogP contribution in [0.3, 0.4) is 0 Å². The van der Waals surface area contributed by atoms with Gasteiger partial charge in [0.1, 0.15) is 12.0 Å². The molecule has 0 heterocycles. The molecule has 3 aromatic rings. The van der Waals surface area contributed by atoms with Gasteiger partial charge in [0.15, 0.2) is 5.78 Å². The Labute approximate surface area is 168 Å². The maximum absolute atomic E-state index is 13.9. The zero-order valence-electron chi connectivity index (χ0n) is 16.7. The molecule has 0 saturated carbocycles. The topological polar surface area (TPSA) is 26.3 Å². The van der Waals surface area contributed by atoms with Crippen LogP contribution in [0, 0.1) is 0 Å². The normalized spacial score (nSPS) is 11.5. The number of ketones is 1. The molecule has 0 unspecified atom stereocenters. The summed E-state index contributed by atoms with van der Waals surface area (Å²) in [6.07, 6.45) is 1.90. The number of carbonyl (C=O) groups excluding carboxylic acids is 1. The zero-order chi connectivity index (χ0) is 19.8. The van der Waals surface area contributed by atoms with Crippen LogP contribution in [0.1, 0.15) is 43.4 Å². The molecule has 0 bridgehead atoms. The van der Waals surface area contributed by atoms with E-state index in [9.17, 15) is 4.79 Å². The highest BCUT2D eigenvalue weighted by Gasteiger charge is 2.43. The summed E-state index contributed by atoms with van der Waals surface area (Å²) in [5.74, 6) is 0.0583. The third-order valence-electron chi connectivity index (χ3n) is 5.40. The molecule has 0 N–H and O–H groups in total. The maximum atomic E-state index is 13.9. The summed E-state index contributed by atoms with van der Waals surface area (Å²) in [5.41, 5.74) is 2.00. The first kappa shape index (κ1) is 20.0. The molecule has 0 fully saturated rings. The Morgan fingerprint density at radius 2 is 1.07 bits per heavy atom. The zero-order valence-corrected chi connectivity index (χ0v) is 16.7. The fraction of sp³-hybridized carbons (Fsp3) is 0.269. The summed E-state index contributed by atoms with van der Waals surface area (Å²) in [6.45, 7) is 4.28. The summed E-state index contributed by atoms with van der Waals surface area (Å²) >= 11 is 0. The highest BCUT2D eigenvalue weighted by atomic mass is 16.5. The smallest absolute Gasteiger partial charge is 0.177 e. The largest absolute Gasteiger partial charge is 0.370 e. The van der Waals surface area contributed by atoms with Crippen molar-refractivity contribution in [2.75, 3.05) is 6.61 Å². The van der Waals surface area contributed by atoms with Crippen molar-refractivity contribution in [3.63, 3.8) is 0 Å². The molecule has 0 amide bonds. The minimum absolute atomic E-state index is 0.0583. The number of benzene rings is 3. The van der Waals surface area contributed by atoms with Crippen molar-refractivity contribution >= 4 is 5.78 Å². The van der Waals surface area contributed by atoms with E-state index in [0.29, 0.717) is 0 Å². The Balaban J connectivity index is 2.18. The van der Waals surface area contributed by atoms with Crippen molar-refractivity contribution in [3.8, 4) is 0 Å². The van der Waals surface area contributed by atoms with Crippen LogP contribution >= 0.6 is 0 Å². The Morgan fingerprint density at radius 1 is 0.714 bits per heavy atom. The second-order valence-electron chi connectivity index (χ2n) is 7.02. The van der Waals surface area contributed by atoms with Crippen LogP contribution < -0.4 is 0 Å². The van der Waals surface area contributed by atoms with Crippen molar-refractivity contribution in [2.24, 2.45) is 0 Å². The molecular formula is C26H28O2. The van der Waals surface area contributed by atoms with Gasteiger partial charge in [-0.05, 0) is 29.5 Å². The molecule has 0 radical (unpaired) electrons. The van der Waals surface area contributed by atoms with Gasteiger partial charge in [-0.3, -0.25) is 4.79 Å². The number of Topliss-reactive ketones (excluding diaryl/α,β-unsaturated/α-hetero) is 1. The molecule has 0 aromatic heterocycles. The Hall–Kier alpha value is -2.71. The van der Waals surface area contributed by atoms with Gasteiger partial charge in [-0.25, -0.2) is 0 Å². The summed E-state index contributed by atoms with van der Waals surface area (Å²) in [7, 11) is 0. The molecule has 0 atom stereocenters. The van der Waals surface area contributed by atoms with Gasteiger partial charge >= 0.3 is 0 Å². The molecule has 2 nitrogen and oxygen atoms in total. The van der Waals surface area contributed by atoms with Gasteiger partial charge in [0.05, 0.1) is 6.10 Å². The minimum atomic E-state index is -0.893. The van der Waals surface area contributed by atoms with E-state index >= 15 is 0 Å². The van der Waals surface area contributed by atoms with Crippen LogP contribution in [-0.2, 0) is 14.9 Å². The first-order valence-electron chi connectivity index (χ1n) is 10.0. The van der Waals surface area contributed by atoms with Crippen molar-refractivity contribution in [1.82, 2.24) is 0 Å². The predicted octanol–water partition coefficient (Wildman–Crippen LogP) is 5.80. The molecule has 2 heteroatoms. The van der Waals surface area contributed by atoms with Crippen molar-refractivity contribution in [2.45, 2.75) is 38.2 Å². The number of carbonyl (C=O) groups is 1. The number of ether oxygens (including phenoxy) is 1. The van der Waals surface area contributed by atoms with Crippen molar-refractivity contribution in [3.05, 3.63) is 108 Å². The standard InChI is InChI=1S/C26H28O2/c1-3-24(4-2)28-20-25(27)26(21-14-8-5-9-15-21,22-16-10-6-11-17-22)23-18-12-7-13-19-23/h5-19,24H,3-4,20H2,1-2H3. The second-order valence-corrected chi connectivity index (χ2v) is 7.02. The number of rotatable bonds is 9. The highest BCUT2D eigenvalue weighted by molar-refractivity contribution is 5.98. The first-order valence-corrected chi connectivity index (χ1v) is 10.0. The molecule has 0 spiro atoms. The lowest BCUT2D eigenvalue weighted by Gasteiger charge is -2.34. The molecule has 0 aliphatic rings. The Bertz CT molecular complexity index is 756. The average molecular weight is 373 g/mol. The van der Waals surface area contributed by atoms with E-state index in [1.807, 2.05) is 91.0 Å². The summed E-state index contributed by atoms with van der Waals surface area (Å²) < 4.78 is 6.02. The predicted molar refractivity (Wildman–Crippen MR) is 115 cm³/mol. The van der Waals surface area contributed by atoms with E-state index in [-0.39, 0.29) is 18.5 Å². The van der Waals surface area contributed by atoms with Gasteiger partial charge < -0.3 is 4.74 Å². The molecule has 0 aliphatic heterocycles. The van der Waals surface area contributed by atoms with E-state index in [1.165, 1.54) is 0 Å². The number of hydrogen-bond acceptors (Lipinski definition) is 2. The lowest BCUT2D eigenvalue weighted by Crippen LogP contribution is -2.41. The van der Waals surface area contributed by atoms with E-state index in [0.717, 1.165) is 29.5 Å². The molecule has 28 heavy (non-hydrogen) atoms. The van der Waals surface area contributed by atoms with E-state index in [1.54, 1.807) is 0 Å². The van der Waals surface area contributed by atoms with E-state index in [2.05, 4.69) is 13.8 Å². The van der Waals surface area contributed by atoms with Crippen LogP contribution in [0.25, 0.3) is 0 Å². The van der Waals surface area contributed by atoms with Gasteiger partial charge in [-0.15, -0.1) is 0 Å². The van der Waals surface area contributed by atoms with Crippen molar-refractivity contribution in [1.29, 1.82) is 0 Å². The molecular weight excluding hydrogens is 344 g/mol. The van der Waals surface area contributed by atoms with Gasteiger partial charge in [-0.1, -0.05) is 105 Å². The van der Waals surface area contributed by atoms with E-state index < -0.39 is 5.41 Å². The molecule has 3 rings (SSSR count). The second kappa shape index (κ2) is 9.48. The number of hydrogen-bond donors (Lipinski definition) is 0. The fourth-order valence-electron chi connectivity index (χ4n) is 3.87. The van der Waals surface area contributed by atoms with Gasteiger partial charge in [0.2, 0.25) is 0 Å². The van der Waals surface area contributed by atoms with Crippen LogP contribution in [0.4, 0.5) is 0 Å². The summed E-state index contributed by atoms with van der Waals surface area (Å²) in [4.78, 5) is 13.9. The Kier molecular flexibility index (Phi) is 6.78. The highest BCUT2D eigenvalue weighted by Crippen LogP contribution is 2.40. The van der Waals surface area contributed by atoms with E-state index in [4.69, 9.17) is 4.74 Å². The van der Waals surface area contributed by atoms with Gasteiger partial charge in [0.25, 0.3) is 0 Å². The van der Waals surface area contributed by atoms with Crippen LogP contribution in [0.2, 0.25) is 0 Å². The third-order valence-corrected chi connectivity index (χ3v) is 5.40. The van der Waals surface area contributed by atoms with Crippen LogP contribution in [0.5, 0.6) is 0 Å². The minimum Gasteiger partial charge on any atom is -0.370 e. The van der Waals surface area contributed by atoms with Crippen LogP contribution in [-0.4, -0.2) is 18.5 Å². The molecule has 0 aliphatic carbocycles. The van der Waals surface area contributed by atoms with Gasteiger partial charge in [-0.2, -0.15) is 0 Å². The molecule has 144 valence electrons. The van der Waals surface area contributed by atoms with Gasteiger partial charge in [0, 0.05) is 0 Å². The lowest BCUT2D eigenvalue weighted by atomic mass is 9.66. The Morgan fingerprint density at radius 3 is 1.39 bits per heavy atom. The molecule has 3 aromatic carbocycles. The van der Waals surface area contributed by atoms with Crippen LogP contribution in [0.15, 0.2) is 91.0 Å². The monoisotopic (exact) mass is 372 g/mol. The van der Waals surface area contributed by atoms with Crippen molar-refractivity contribution < 1.29 is 9.53 Å². The fourth-order valence-corrected chi connectivity index (χ4v) is 3.87.